The maximum atomic E-state index is 11.5. The lowest BCUT2D eigenvalue weighted by atomic mass is 9.89. The summed E-state index contributed by atoms with van der Waals surface area (Å²) in [7, 11) is 0. The fourth-order valence-electron chi connectivity index (χ4n) is 2.31. The van der Waals surface area contributed by atoms with Crippen LogP contribution in [-0.2, 0) is 16.1 Å². The van der Waals surface area contributed by atoms with E-state index in [4.69, 9.17) is 19.1 Å². The Morgan fingerprint density at radius 1 is 1.26 bits per heavy atom. The molecular formula is C15H23NO7. The van der Waals surface area contributed by atoms with Crippen molar-refractivity contribution in [1.82, 2.24) is 5.32 Å². The SMILES string of the molecule is CC(=O)O.Cc1oc(=O)oc1COC(=O)NCC1CCCCC1. The van der Waals surface area contributed by atoms with Gasteiger partial charge in [0.05, 0.1) is 0 Å². The molecule has 0 spiro atoms. The molecule has 2 rings (SSSR count). The summed E-state index contributed by atoms with van der Waals surface area (Å²) >= 11 is 0. The van der Waals surface area contributed by atoms with Crippen LogP contribution >= 0.6 is 0 Å². The number of carbonyl (C=O) groups excluding carboxylic acids is 1. The van der Waals surface area contributed by atoms with E-state index in [9.17, 15) is 9.59 Å². The minimum atomic E-state index is -0.833. The summed E-state index contributed by atoms with van der Waals surface area (Å²) in [4.78, 5) is 31.3. The van der Waals surface area contributed by atoms with Crippen molar-refractivity contribution in [2.75, 3.05) is 6.54 Å². The fourth-order valence-corrected chi connectivity index (χ4v) is 2.31. The Balaban J connectivity index is 0.000000593. The van der Waals surface area contributed by atoms with E-state index in [0.29, 0.717) is 18.2 Å². The average molecular weight is 329 g/mol. The quantitative estimate of drug-likeness (QED) is 0.870. The first kappa shape index (κ1) is 18.8. The first-order valence-electron chi connectivity index (χ1n) is 7.58. The highest BCUT2D eigenvalue weighted by Crippen LogP contribution is 2.22. The summed E-state index contributed by atoms with van der Waals surface area (Å²) in [6.45, 7) is 3.23. The maximum absolute atomic E-state index is 11.5. The van der Waals surface area contributed by atoms with Crippen LogP contribution in [-0.4, -0.2) is 23.7 Å². The van der Waals surface area contributed by atoms with Crippen LogP contribution in [0.2, 0.25) is 0 Å². The Morgan fingerprint density at radius 3 is 2.39 bits per heavy atom. The van der Waals surface area contributed by atoms with E-state index in [1.165, 1.54) is 19.3 Å². The minimum Gasteiger partial charge on any atom is -0.481 e. The van der Waals surface area contributed by atoms with E-state index < -0.39 is 17.9 Å². The molecule has 1 fully saturated rings. The molecule has 1 heterocycles. The summed E-state index contributed by atoms with van der Waals surface area (Å²) in [6, 6.07) is 0. The van der Waals surface area contributed by atoms with Gasteiger partial charge in [0, 0.05) is 13.5 Å². The van der Waals surface area contributed by atoms with E-state index in [1.54, 1.807) is 6.92 Å². The third-order valence-corrected chi connectivity index (χ3v) is 3.43. The molecule has 8 heteroatoms. The Morgan fingerprint density at radius 2 is 1.87 bits per heavy atom. The largest absolute Gasteiger partial charge is 0.519 e. The zero-order valence-corrected chi connectivity index (χ0v) is 13.4. The van der Waals surface area contributed by atoms with Crippen molar-refractivity contribution in [2.24, 2.45) is 5.92 Å². The predicted octanol–water partition coefficient (Wildman–Crippen LogP) is 2.44. The van der Waals surface area contributed by atoms with E-state index in [-0.39, 0.29) is 12.4 Å². The van der Waals surface area contributed by atoms with Crippen LogP contribution in [0.15, 0.2) is 13.6 Å². The van der Waals surface area contributed by atoms with Gasteiger partial charge in [-0.1, -0.05) is 19.3 Å². The molecule has 0 bridgehead atoms. The van der Waals surface area contributed by atoms with Crippen molar-refractivity contribution < 1.29 is 28.3 Å². The van der Waals surface area contributed by atoms with Gasteiger partial charge in [0.2, 0.25) is 0 Å². The Bertz CT molecular complexity index is 550. The van der Waals surface area contributed by atoms with E-state index in [2.05, 4.69) is 9.73 Å². The summed E-state index contributed by atoms with van der Waals surface area (Å²) in [6.07, 6.45) is 5.60. The second-order valence-electron chi connectivity index (χ2n) is 5.41. The van der Waals surface area contributed by atoms with Gasteiger partial charge in [-0.15, -0.1) is 0 Å². The number of carboxylic acids is 1. The smallest absolute Gasteiger partial charge is 0.481 e. The topological polar surface area (TPSA) is 119 Å². The van der Waals surface area contributed by atoms with Gasteiger partial charge in [0.15, 0.2) is 18.1 Å². The van der Waals surface area contributed by atoms with Crippen LogP contribution in [0, 0.1) is 12.8 Å². The molecule has 0 saturated heterocycles. The van der Waals surface area contributed by atoms with Crippen LogP contribution in [0.4, 0.5) is 4.79 Å². The zero-order valence-electron chi connectivity index (χ0n) is 13.4. The number of carbonyl (C=O) groups is 2. The van der Waals surface area contributed by atoms with Crippen molar-refractivity contribution in [3.8, 4) is 0 Å². The Labute approximate surface area is 133 Å². The van der Waals surface area contributed by atoms with Crippen LogP contribution in [0.25, 0.3) is 0 Å². The van der Waals surface area contributed by atoms with Gasteiger partial charge in [-0.25, -0.2) is 9.59 Å². The number of hydrogen-bond donors (Lipinski definition) is 2. The van der Waals surface area contributed by atoms with Crippen molar-refractivity contribution >= 4 is 12.1 Å². The lowest BCUT2D eigenvalue weighted by Crippen LogP contribution is -2.30. The fraction of sp³-hybridized carbons (Fsp3) is 0.667. The van der Waals surface area contributed by atoms with Crippen molar-refractivity contribution in [1.29, 1.82) is 0 Å². The van der Waals surface area contributed by atoms with Gasteiger partial charge >= 0.3 is 11.9 Å². The third kappa shape index (κ3) is 8.08. The molecule has 1 aliphatic carbocycles. The number of ether oxygens (including phenoxy) is 1. The highest BCUT2D eigenvalue weighted by Gasteiger charge is 2.15. The van der Waals surface area contributed by atoms with Gasteiger partial charge in [-0.3, -0.25) is 4.79 Å². The van der Waals surface area contributed by atoms with Gasteiger partial charge in [-0.2, -0.15) is 0 Å². The van der Waals surface area contributed by atoms with Gasteiger partial charge in [-0.05, 0) is 25.7 Å². The minimum absolute atomic E-state index is 0.0892. The second kappa shape index (κ2) is 9.70. The first-order valence-corrected chi connectivity index (χ1v) is 7.58. The monoisotopic (exact) mass is 329 g/mol. The molecular weight excluding hydrogens is 306 g/mol. The van der Waals surface area contributed by atoms with Gasteiger partial charge < -0.3 is 24.0 Å². The number of amides is 1. The normalized spacial score (nSPS) is 14.5. The predicted molar refractivity (Wildman–Crippen MR) is 80.1 cm³/mol. The highest BCUT2D eigenvalue weighted by atomic mass is 16.6. The molecule has 2 N–H and O–H groups in total. The summed E-state index contributed by atoms with van der Waals surface area (Å²) in [5, 5.41) is 10.2. The molecule has 1 saturated carbocycles. The summed E-state index contributed by atoms with van der Waals surface area (Å²) in [5.41, 5.74) is 0. The summed E-state index contributed by atoms with van der Waals surface area (Å²) in [5.74, 6) is -0.475. The van der Waals surface area contributed by atoms with Crippen LogP contribution < -0.4 is 11.1 Å². The molecule has 130 valence electrons. The maximum Gasteiger partial charge on any atom is 0.519 e. The standard InChI is InChI=1S/C13H19NO5.C2H4O2/c1-9-11(19-13(16)18-9)8-17-12(15)14-7-10-5-3-2-4-6-10;1-2(3)4/h10H,2-8H2,1H3,(H,14,15);1H3,(H,3,4). The number of aryl methyl sites for hydroxylation is 1. The third-order valence-electron chi connectivity index (χ3n) is 3.43. The molecule has 0 aromatic carbocycles. The zero-order chi connectivity index (χ0) is 17.2. The van der Waals surface area contributed by atoms with Crippen molar-refractivity contribution in [2.45, 2.75) is 52.6 Å². The second-order valence-corrected chi connectivity index (χ2v) is 5.41. The Hall–Kier alpha value is -2.25. The number of hydrogen-bond acceptors (Lipinski definition) is 6. The number of carboxylic acid groups (broad SMARTS) is 1. The lowest BCUT2D eigenvalue weighted by molar-refractivity contribution is -0.134. The van der Waals surface area contributed by atoms with Crippen LogP contribution in [0.1, 0.15) is 50.5 Å². The van der Waals surface area contributed by atoms with Gasteiger partial charge in [0.1, 0.15) is 0 Å². The molecule has 23 heavy (non-hydrogen) atoms. The molecule has 0 radical (unpaired) electrons. The van der Waals surface area contributed by atoms with Gasteiger partial charge in [0.25, 0.3) is 5.97 Å². The molecule has 0 unspecified atom stereocenters. The van der Waals surface area contributed by atoms with Crippen molar-refractivity contribution in [3.63, 3.8) is 0 Å². The Kier molecular flexibility index (Phi) is 7.93. The van der Waals surface area contributed by atoms with Crippen LogP contribution in [0.5, 0.6) is 0 Å². The van der Waals surface area contributed by atoms with E-state index in [0.717, 1.165) is 19.8 Å². The molecule has 0 aliphatic heterocycles. The lowest BCUT2D eigenvalue weighted by Gasteiger charge is -2.21. The number of nitrogens with one attached hydrogen (secondary N) is 1. The van der Waals surface area contributed by atoms with E-state index in [1.807, 2.05) is 0 Å². The molecule has 1 amide bonds. The molecule has 1 aromatic heterocycles. The number of aliphatic carboxylic acids is 1. The summed E-state index contributed by atoms with van der Waals surface area (Å²) < 4.78 is 14.4. The van der Waals surface area contributed by atoms with Crippen LogP contribution in [0.3, 0.4) is 0 Å². The average Bonchev–Trinajstić information content (AvgIpc) is 2.81. The highest BCUT2D eigenvalue weighted by molar-refractivity contribution is 5.67. The molecule has 1 aliphatic rings. The molecule has 8 nitrogen and oxygen atoms in total. The van der Waals surface area contributed by atoms with E-state index >= 15 is 0 Å². The molecule has 0 atom stereocenters. The number of rotatable bonds is 4. The first-order chi connectivity index (χ1) is 10.9. The number of alkyl carbamates (subject to hydrolysis) is 1. The molecule has 1 aromatic rings. The van der Waals surface area contributed by atoms with Crippen molar-refractivity contribution in [3.05, 3.63) is 22.1 Å².